The van der Waals surface area contributed by atoms with Crippen LogP contribution in [0.5, 0.6) is 0 Å². The molecule has 1 unspecified atom stereocenters. The molecule has 2 aromatic carbocycles. The molecular formula is C46H51N11O15. The van der Waals surface area contributed by atoms with Crippen LogP contribution in [0.3, 0.4) is 0 Å². The maximum absolute atomic E-state index is 11.9. The molecule has 72 heavy (non-hydrogen) atoms. The van der Waals surface area contributed by atoms with Gasteiger partial charge in [0.25, 0.3) is 11.6 Å². The van der Waals surface area contributed by atoms with Crippen LogP contribution in [-0.2, 0) is 55.5 Å². The number of anilines is 1. The number of benzene rings is 2. The van der Waals surface area contributed by atoms with Crippen molar-refractivity contribution in [2.75, 3.05) is 55.2 Å². The summed E-state index contributed by atoms with van der Waals surface area (Å²) in [5, 5.41) is 29.1. The zero-order valence-corrected chi connectivity index (χ0v) is 40.1. The highest BCUT2D eigenvalue weighted by molar-refractivity contribution is 5.93. The van der Waals surface area contributed by atoms with E-state index in [0.29, 0.717) is 23.8 Å². The van der Waals surface area contributed by atoms with E-state index in [4.69, 9.17) is 20.1 Å². The van der Waals surface area contributed by atoms with Gasteiger partial charge in [-0.15, -0.1) is 40.8 Å². The average Bonchev–Trinajstić information content (AvgIpc) is 3.86. The van der Waals surface area contributed by atoms with Gasteiger partial charge in [-0.1, -0.05) is 36.4 Å². The summed E-state index contributed by atoms with van der Waals surface area (Å²) in [6.07, 6.45) is 9.18. The van der Waals surface area contributed by atoms with Crippen LogP contribution in [0, 0.1) is 0 Å². The van der Waals surface area contributed by atoms with E-state index < -0.39 is 35.8 Å². The monoisotopic (exact) mass is 997 g/mol. The quantitative estimate of drug-likeness (QED) is 0.0490. The molecule has 6 aromatic rings. The molecule has 1 aliphatic rings. The molecule has 0 bridgehead atoms. The van der Waals surface area contributed by atoms with Crippen molar-refractivity contribution in [3.63, 3.8) is 0 Å². The van der Waals surface area contributed by atoms with Crippen LogP contribution in [0.1, 0.15) is 99.1 Å². The van der Waals surface area contributed by atoms with Crippen LogP contribution in [0.15, 0.2) is 85.3 Å². The highest BCUT2D eigenvalue weighted by Gasteiger charge is 2.21. The van der Waals surface area contributed by atoms with E-state index in [9.17, 15) is 33.6 Å². The Bertz CT molecular complexity index is 2720. The van der Waals surface area contributed by atoms with Gasteiger partial charge in [-0.05, 0) is 65.9 Å². The number of fused-ring (bicyclic) bond motifs is 1. The molecule has 5 heterocycles. The van der Waals surface area contributed by atoms with Gasteiger partial charge in [0, 0.05) is 49.2 Å². The van der Waals surface area contributed by atoms with Gasteiger partial charge in [0.05, 0.1) is 48.9 Å². The number of nitrogens with two attached hydrogens (primary N) is 1. The molecule has 0 aliphatic carbocycles. The Morgan fingerprint density at radius 2 is 1.14 bits per heavy atom. The Hall–Kier alpha value is -9.17. The van der Waals surface area contributed by atoms with Gasteiger partial charge in [0.15, 0.2) is 29.1 Å². The highest BCUT2D eigenvalue weighted by atomic mass is 16.7. The van der Waals surface area contributed by atoms with Gasteiger partial charge in [-0.25, -0.2) is 28.8 Å². The second kappa shape index (κ2) is 31.1. The summed E-state index contributed by atoms with van der Waals surface area (Å²) in [5.41, 5.74) is 6.48. The number of ether oxygens (including phenoxy) is 8. The largest absolute Gasteiger partial charge is 0.473 e. The molecule has 1 aliphatic heterocycles. The molecule has 4 N–H and O–H groups in total. The molecule has 0 saturated carbocycles. The lowest BCUT2D eigenvalue weighted by molar-refractivity contribution is -0.107. The molecule has 0 spiro atoms. The number of hydrazine groups is 1. The molecule has 7 rings (SSSR count). The number of nitrogens with one attached hydrogen (secondary N) is 2. The van der Waals surface area contributed by atoms with E-state index in [1.54, 1.807) is 13.4 Å². The lowest BCUT2D eigenvalue weighted by Crippen LogP contribution is -2.15. The van der Waals surface area contributed by atoms with Crippen molar-refractivity contribution >= 4 is 58.7 Å². The van der Waals surface area contributed by atoms with E-state index >= 15 is 0 Å². The predicted molar refractivity (Wildman–Crippen MR) is 250 cm³/mol. The molecule has 1 atom stereocenters. The fourth-order valence-electron chi connectivity index (χ4n) is 5.62. The second-order valence-electron chi connectivity index (χ2n) is 13.7. The molecule has 26 nitrogen and oxygen atoms in total. The normalized spacial score (nSPS) is 11.8. The minimum absolute atomic E-state index is 0.000000000000000222. The Balaban J connectivity index is 0.000000253. The van der Waals surface area contributed by atoms with Crippen LogP contribution < -0.4 is 11.3 Å². The number of hydrogen-bond acceptors (Lipinski definition) is 25. The molecule has 0 amide bonds. The molecule has 4 aromatic heterocycles. The first-order valence-electron chi connectivity index (χ1n) is 21.0. The Morgan fingerprint density at radius 3 is 1.58 bits per heavy atom. The first-order chi connectivity index (χ1) is 34.8. The third kappa shape index (κ3) is 17.7. The van der Waals surface area contributed by atoms with Gasteiger partial charge in [0.2, 0.25) is 0 Å². The van der Waals surface area contributed by atoms with E-state index in [1.807, 2.05) is 66.9 Å². The Kier molecular flexibility index (Phi) is 24.7. The van der Waals surface area contributed by atoms with Crippen molar-refractivity contribution in [3.05, 3.63) is 136 Å². The number of carbonyl (C=O) groups excluding carboxylic acids is 7. The number of methoxy groups -OCH3 is 7. The van der Waals surface area contributed by atoms with Crippen LogP contribution >= 0.6 is 0 Å². The summed E-state index contributed by atoms with van der Waals surface area (Å²) >= 11 is 0. The number of para-hydroxylation sites is 2. The number of rotatable bonds is 13. The molecule has 26 heteroatoms. The third-order valence-corrected chi connectivity index (χ3v) is 9.19. The zero-order chi connectivity index (χ0) is 52.8. The summed E-state index contributed by atoms with van der Waals surface area (Å²) in [4.78, 5) is 81.5. The minimum atomic E-state index is -0.776. The van der Waals surface area contributed by atoms with Gasteiger partial charge in [0.1, 0.15) is 6.29 Å². The van der Waals surface area contributed by atoms with Crippen molar-refractivity contribution in [2.24, 2.45) is 5.84 Å². The number of aromatic nitrogens is 9. The number of carbonyl (C=O) groups is 7. The molecular weight excluding hydrogens is 947 g/mol. The average molecular weight is 998 g/mol. The van der Waals surface area contributed by atoms with Crippen LogP contribution in [0.25, 0.3) is 10.9 Å². The summed E-state index contributed by atoms with van der Waals surface area (Å²) in [7, 11) is 8.94. The molecule has 380 valence electrons. The van der Waals surface area contributed by atoms with Gasteiger partial charge in [-0.2, -0.15) is 0 Å². The van der Waals surface area contributed by atoms with Gasteiger partial charge in [-0.3, -0.25) is 5.84 Å². The van der Waals surface area contributed by atoms with Crippen LogP contribution in [0.4, 0.5) is 5.69 Å². The summed E-state index contributed by atoms with van der Waals surface area (Å²) < 4.78 is 37.0. The molecule has 0 radical (unpaired) electrons. The maximum atomic E-state index is 11.9. The van der Waals surface area contributed by atoms with Crippen LogP contribution in [-0.4, -0.2) is 144 Å². The van der Waals surface area contributed by atoms with Gasteiger partial charge >= 0.3 is 35.8 Å². The lowest BCUT2D eigenvalue weighted by atomic mass is 10.0. The van der Waals surface area contributed by atoms with Crippen molar-refractivity contribution in [2.45, 2.75) is 38.4 Å². The summed E-state index contributed by atoms with van der Waals surface area (Å²) in [5.74, 6) is 0.366. The van der Waals surface area contributed by atoms with E-state index in [0.717, 1.165) is 35.0 Å². The number of allylic oxidation sites excluding steroid dienone is 1. The summed E-state index contributed by atoms with van der Waals surface area (Å²) in [6.45, 7) is 0. The predicted octanol–water partition coefficient (Wildman–Crippen LogP) is 3.40. The zero-order valence-electron chi connectivity index (χ0n) is 40.1. The third-order valence-electron chi connectivity index (χ3n) is 9.19. The Labute approximate surface area is 410 Å². The van der Waals surface area contributed by atoms with Crippen molar-refractivity contribution in [1.82, 2.24) is 45.8 Å². The second-order valence-corrected chi connectivity index (χ2v) is 13.7. The SMILES string of the molecule is COC(=O)c1cc(CCC=O)c(C(=O)OC)nn1.COC(=O)c1cc(Cc2c[nH]c3ccccc23)c(C(=O)OC)nn1.COC(=O)c1nnc(C(=O)OC)nn1.COC1CCC=CO1.NNc1ccccc1. The molecule has 0 saturated heterocycles. The first-order valence-corrected chi connectivity index (χ1v) is 21.0. The standard InChI is InChI=1S/C17H15N3O4.C11H12N2O5.C6H6N4O4.C6H8N2.C6H10O2/c1-23-16(21)14-8-10(15(20-19-14)17(22)24-2)7-11-9-18-13-6-4-3-5-12(11)13;1-17-10(15)8-6-7(4-3-5-14)9(13-12-8)11(16)18-2;1-13-5(11)3-7-9-4(10-8-3)6(12)14-2;7-8-6-4-2-1-3-5-6;1-7-6-4-2-3-5-8-6/h3-6,8-9,18H,7H2,1-2H3;5-6H,3-4H2,1-2H3;1-2H3;1-5,8H,7H2;3,5-6H,2,4H2,1H3. The number of hydrogen-bond donors (Lipinski definition) is 3. The molecule has 0 fully saturated rings. The van der Waals surface area contributed by atoms with E-state index in [2.05, 4.69) is 74.9 Å². The van der Waals surface area contributed by atoms with Gasteiger partial charge < -0.3 is 53.1 Å². The summed E-state index contributed by atoms with van der Waals surface area (Å²) in [6, 6.07) is 20.3. The topological polar surface area (TPSA) is 350 Å². The number of aromatic amines is 1. The fourth-order valence-corrected chi connectivity index (χ4v) is 5.62. The highest BCUT2D eigenvalue weighted by Crippen LogP contribution is 2.23. The van der Waals surface area contributed by atoms with Crippen LogP contribution in [0.2, 0.25) is 0 Å². The number of aryl methyl sites for hydroxylation is 1. The fraction of sp³-hybridized carbons (Fsp3) is 0.283. The smallest absolute Gasteiger partial charge is 0.379 e. The Morgan fingerprint density at radius 1 is 0.639 bits per heavy atom. The van der Waals surface area contributed by atoms with E-state index in [1.165, 1.54) is 54.8 Å². The van der Waals surface area contributed by atoms with Crippen molar-refractivity contribution in [1.29, 1.82) is 0 Å². The number of nitrogens with zero attached hydrogens (tertiary/aromatic N) is 8. The number of H-pyrrole nitrogens is 1. The minimum Gasteiger partial charge on any atom is -0.473 e. The number of esters is 6. The number of aldehydes is 1. The van der Waals surface area contributed by atoms with Crippen molar-refractivity contribution in [3.8, 4) is 0 Å². The van der Waals surface area contributed by atoms with Crippen molar-refractivity contribution < 1.29 is 71.5 Å². The lowest BCUT2D eigenvalue weighted by Gasteiger charge is -2.16. The first kappa shape index (κ1) is 57.1. The van der Waals surface area contributed by atoms with E-state index in [-0.39, 0.29) is 53.6 Å². The number of nitrogen functional groups attached to an aromatic ring is 1. The maximum Gasteiger partial charge on any atom is 0.379 e.